The first-order chi connectivity index (χ1) is 12.8. The molecule has 2 aromatic rings. The molecule has 0 saturated carbocycles. The number of halogens is 4. The first-order valence-corrected chi connectivity index (χ1v) is 9.06. The van der Waals surface area contributed by atoms with Crippen LogP contribution in [-0.2, 0) is 23.1 Å². The molecule has 2 rings (SSSR count). The second-order valence-corrected chi connectivity index (χ2v) is 6.73. The second kappa shape index (κ2) is 9.75. The van der Waals surface area contributed by atoms with Crippen molar-refractivity contribution in [3.05, 3.63) is 44.9 Å². The van der Waals surface area contributed by atoms with Crippen molar-refractivity contribution in [3.63, 3.8) is 0 Å². The van der Waals surface area contributed by atoms with Gasteiger partial charge in [-0.3, -0.25) is 14.5 Å². The molecule has 0 radical (unpaired) electrons. The minimum Gasteiger partial charge on any atom is -0.396 e. The normalized spacial score (nSPS) is 11.7. The lowest BCUT2D eigenvalue weighted by atomic mass is 10.1. The number of nitrogens with zero attached hydrogens (tertiary/aromatic N) is 4. The minimum absolute atomic E-state index is 0.0303. The fourth-order valence-electron chi connectivity index (χ4n) is 2.22. The lowest BCUT2D eigenvalue weighted by Crippen LogP contribution is -2.32. The highest BCUT2D eigenvalue weighted by molar-refractivity contribution is 9.10. The molecule has 0 aliphatic heterocycles. The van der Waals surface area contributed by atoms with Crippen molar-refractivity contribution in [3.8, 4) is 0 Å². The summed E-state index contributed by atoms with van der Waals surface area (Å²) in [6, 6.07) is 1.64. The molecule has 27 heavy (non-hydrogen) atoms. The maximum Gasteiger partial charge on any atom is 0.282 e. The van der Waals surface area contributed by atoms with E-state index in [1.807, 2.05) is 0 Å². The Morgan fingerprint density at radius 3 is 2.89 bits per heavy atom. The van der Waals surface area contributed by atoms with E-state index in [0.717, 1.165) is 0 Å². The van der Waals surface area contributed by atoms with Gasteiger partial charge in [-0.25, -0.2) is 8.78 Å². The number of pyridine rings is 1. The maximum atomic E-state index is 13.0. The van der Waals surface area contributed by atoms with Gasteiger partial charge in [-0.2, -0.15) is 5.10 Å². The highest BCUT2D eigenvalue weighted by Gasteiger charge is 2.20. The Hall–Kier alpha value is -2.07. The van der Waals surface area contributed by atoms with Crippen LogP contribution in [0.5, 0.6) is 0 Å². The van der Waals surface area contributed by atoms with Gasteiger partial charge in [0.1, 0.15) is 23.7 Å². The number of oxime groups is 1. The zero-order valence-electron chi connectivity index (χ0n) is 14.5. The Morgan fingerprint density at radius 2 is 2.26 bits per heavy atom. The first-order valence-electron chi connectivity index (χ1n) is 7.89. The van der Waals surface area contributed by atoms with Gasteiger partial charge >= 0.3 is 0 Å². The van der Waals surface area contributed by atoms with Crippen LogP contribution in [0.2, 0.25) is 5.02 Å². The zero-order chi connectivity index (χ0) is 20.0. The van der Waals surface area contributed by atoms with Crippen LogP contribution in [0.1, 0.15) is 30.3 Å². The van der Waals surface area contributed by atoms with E-state index in [1.165, 1.54) is 24.1 Å². The van der Waals surface area contributed by atoms with Gasteiger partial charge in [0.25, 0.3) is 6.43 Å². The summed E-state index contributed by atoms with van der Waals surface area (Å²) in [7, 11) is 1.52. The van der Waals surface area contributed by atoms with Crippen molar-refractivity contribution in [1.29, 1.82) is 0 Å². The molecule has 0 saturated heterocycles. The lowest BCUT2D eigenvalue weighted by molar-refractivity contribution is -0.120. The van der Waals surface area contributed by atoms with Crippen LogP contribution in [0, 0.1) is 0 Å². The number of carbonyl (C=O) groups is 1. The average molecular weight is 465 g/mol. The Balaban J connectivity index is 2.10. The number of hydrogen-bond donors (Lipinski definition) is 1. The molecule has 0 unspecified atom stereocenters. The molecule has 0 bridgehead atoms. The largest absolute Gasteiger partial charge is 0.396 e. The fourth-order valence-corrected chi connectivity index (χ4v) is 2.96. The minimum atomic E-state index is -2.75. The fraction of sp³-hybridized carbons (Fsp3) is 0.375. The summed E-state index contributed by atoms with van der Waals surface area (Å²) in [5.74, 6) is -0.470. The molecular formula is C16H17BrClF2N5O2. The first kappa shape index (κ1) is 21.2. The molecule has 0 fully saturated rings. The number of amides is 1. The molecule has 1 amide bonds. The molecule has 0 aromatic carbocycles. The highest BCUT2D eigenvalue weighted by atomic mass is 79.9. The number of aromatic nitrogens is 3. The van der Waals surface area contributed by atoms with E-state index in [-0.39, 0.29) is 18.5 Å². The van der Waals surface area contributed by atoms with Crippen molar-refractivity contribution in [2.45, 2.75) is 19.8 Å². The van der Waals surface area contributed by atoms with Crippen LogP contribution in [0.15, 0.2) is 28.1 Å². The Kier molecular flexibility index (Phi) is 7.66. The number of hydrogen-bond acceptors (Lipinski definition) is 5. The van der Waals surface area contributed by atoms with Gasteiger partial charge in [-0.1, -0.05) is 16.8 Å². The van der Waals surface area contributed by atoms with E-state index in [4.69, 9.17) is 16.4 Å². The SMILES string of the molecule is CCON=C(CNC(=O)Cc1cn(C)nc1C(F)F)c1ncc(Br)cc1Cl. The molecular weight excluding hydrogens is 448 g/mol. The molecule has 1 N–H and O–H groups in total. The standard InChI is InChI=1S/C16H17BrClF2N5O2/c1-3-27-24-12(15-11(18)5-10(17)6-22-15)7-21-13(26)4-9-8-25(2)23-14(9)16(19)20/h5-6,8,16H,3-4,7H2,1-2H3,(H,21,26). The smallest absolute Gasteiger partial charge is 0.282 e. The summed E-state index contributed by atoms with van der Waals surface area (Å²) < 4.78 is 27.9. The van der Waals surface area contributed by atoms with Crippen molar-refractivity contribution in [2.75, 3.05) is 13.2 Å². The Labute approximate surface area is 167 Å². The van der Waals surface area contributed by atoms with Crippen molar-refractivity contribution < 1.29 is 18.4 Å². The second-order valence-electron chi connectivity index (χ2n) is 5.41. The lowest BCUT2D eigenvalue weighted by Gasteiger charge is -2.10. The molecule has 2 aromatic heterocycles. The van der Waals surface area contributed by atoms with Crippen LogP contribution < -0.4 is 5.32 Å². The van der Waals surface area contributed by atoms with Crippen molar-refractivity contribution >= 4 is 39.1 Å². The Bertz CT molecular complexity index is 844. The molecule has 11 heteroatoms. The highest BCUT2D eigenvalue weighted by Crippen LogP contribution is 2.22. The Morgan fingerprint density at radius 1 is 1.52 bits per heavy atom. The van der Waals surface area contributed by atoms with Gasteiger partial charge in [0.2, 0.25) is 5.91 Å². The van der Waals surface area contributed by atoms with E-state index in [0.29, 0.717) is 27.5 Å². The summed E-state index contributed by atoms with van der Waals surface area (Å²) >= 11 is 9.43. The average Bonchev–Trinajstić information content (AvgIpc) is 2.96. The molecule has 0 aliphatic rings. The van der Waals surface area contributed by atoms with E-state index in [2.05, 4.69) is 36.5 Å². The number of aryl methyl sites for hydroxylation is 1. The molecule has 2 heterocycles. The summed E-state index contributed by atoms with van der Waals surface area (Å²) in [5, 5.41) is 10.5. The molecule has 0 aliphatic carbocycles. The van der Waals surface area contributed by atoms with Gasteiger partial charge in [0.05, 0.1) is 18.0 Å². The van der Waals surface area contributed by atoms with Crippen LogP contribution in [0.3, 0.4) is 0 Å². The van der Waals surface area contributed by atoms with Gasteiger partial charge in [0.15, 0.2) is 0 Å². The quantitative estimate of drug-likeness (QED) is 0.480. The summed E-state index contributed by atoms with van der Waals surface area (Å²) in [4.78, 5) is 21.4. The van der Waals surface area contributed by atoms with E-state index in [1.54, 1.807) is 13.0 Å². The molecule has 146 valence electrons. The number of nitrogens with one attached hydrogen (secondary N) is 1. The number of carbonyl (C=O) groups excluding carboxylic acids is 1. The molecule has 0 spiro atoms. The van der Waals surface area contributed by atoms with Crippen LogP contribution in [-0.4, -0.2) is 39.5 Å². The van der Waals surface area contributed by atoms with Gasteiger partial charge in [-0.05, 0) is 28.9 Å². The topological polar surface area (TPSA) is 81.4 Å². The summed E-state index contributed by atoms with van der Waals surface area (Å²) in [6.07, 6.45) is -0.0649. The van der Waals surface area contributed by atoms with Gasteiger partial charge in [0, 0.05) is 29.5 Å². The van der Waals surface area contributed by atoms with E-state index < -0.39 is 18.0 Å². The predicted octanol–water partition coefficient (Wildman–Crippen LogP) is 3.27. The van der Waals surface area contributed by atoms with Gasteiger partial charge in [-0.15, -0.1) is 0 Å². The van der Waals surface area contributed by atoms with E-state index >= 15 is 0 Å². The third-order valence-corrected chi connectivity index (χ3v) is 4.05. The third-order valence-electron chi connectivity index (χ3n) is 3.33. The third kappa shape index (κ3) is 5.96. The van der Waals surface area contributed by atoms with Crippen LogP contribution in [0.25, 0.3) is 0 Å². The van der Waals surface area contributed by atoms with E-state index in [9.17, 15) is 13.6 Å². The van der Waals surface area contributed by atoms with Crippen LogP contribution >= 0.6 is 27.5 Å². The van der Waals surface area contributed by atoms with Crippen molar-refractivity contribution in [2.24, 2.45) is 12.2 Å². The summed E-state index contributed by atoms with van der Waals surface area (Å²) in [6.45, 7) is 2.04. The van der Waals surface area contributed by atoms with Gasteiger partial charge < -0.3 is 10.2 Å². The van der Waals surface area contributed by atoms with Crippen LogP contribution in [0.4, 0.5) is 8.78 Å². The molecule has 7 nitrogen and oxygen atoms in total. The molecule has 0 atom stereocenters. The number of rotatable bonds is 8. The summed E-state index contributed by atoms with van der Waals surface area (Å²) in [5.41, 5.74) is 0.410. The predicted molar refractivity (Wildman–Crippen MR) is 100.0 cm³/mol. The monoisotopic (exact) mass is 463 g/mol. The number of alkyl halides is 2. The van der Waals surface area contributed by atoms with Crippen molar-refractivity contribution in [1.82, 2.24) is 20.1 Å². The maximum absolute atomic E-state index is 13.0. The zero-order valence-corrected chi connectivity index (χ0v) is 16.9.